The molecule has 0 unspecified atom stereocenters. The number of rotatable bonds is 7. The van der Waals surface area contributed by atoms with E-state index in [1.165, 1.54) is 0 Å². The van der Waals surface area contributed by atoms with Crippen molar-refractivity contribution in [1.29, 1.82) is 0 Å². The molecule has 1 heterocycles. The van der Waals surface area contributed by atoms with Crippen molar-refractivity contribution in [2.75, 3.05) is 13.2 Å². The number of pyridine rings is 1. The molecule has 0 saturated heterocycles. The lowest BCUT2D eigenvalue weighted by atomic mass is 10.0. The van der Waals surface area contributed by atoms with E-state index in [1.807, 2.05) is 50.2 Å². The molecular weight excluding hydrogens is 340 g/mol. The van der Waals surface area contributed by atoms with Crippen LogP contribution in [0.4, 0.5) is 0 Å². The lowest BCUT2D eigenvalue weighted by Gasteiger charge is -2.09. The molecule has 27 heavy (non-hydrogen) atoms. The fraction of sp³-hybridized carbons (Fsp3) is 0.273. The van der Waals surface area contributed by atoms with E-state index in [1.54, 1.807) is 0 Å². The smallest absolute Gasteiger partial charge is 0.251 e. The number of amides is 1. The molecule has 5 heteroatoms. The summed E-state index contributed by atoms with van der Waals surface area (Å²) < 4.78 is 5.52. The molecule has 0 aliphatic rings. The number of nitrogens with one attached hydrogen (secondary N) is 2. The Hall–Kier alpha value is -3.08. The number of aromatic amines is 1. The number of benzene rings is 2. The van der Waals surface area contributed by atoms with Crippen molar-refractivity contribution in [2.24, 2.45) is 0 Å². The molecule has 0 aliphatic carbocycles. The van der Waals surface area contributed by atoms with E-state index in [2.05, 4.69) is 22.4 Å². The SMILES string of the molecule is Cc1cc(C)c2[nH]c(=O)c(CCNC(=O)CCOc3ccccc3)cc2c1. The van der Waals surface area contributed by atoms with Crippen LogP contribution in [0.25, 0.3) is 10.9 Å². The fourth-order valence-electron chi connectivity index (χ4n) is 3.12. The van der Waals surface area contributed by atoms with Crippen LogP contribution in [0.1, 0.15) is 23.1 Å². The Labute approximate surface area is 158 Å². The highest BCUT2D eigenvalue weighted by molar-refractivity contribution is 5.83. The summed E-state index contributed by atoms with van der Waals surface area (Å²) in [5, 5.41) is 3.86. The molecule has 5 nitrogen and oxygen atoms in total. The lowest BCUT2D eigenvalue weighted by Crippen LogP contribution is -2.28. The molecule has 2 N–H and O–H groups in total. The van der Waals surface area contributed by atoms with Gasteiger partial charge in [-0.3, -0.25) is 9.59 Å². The Kier molecular flexibility index (Phi) is 5.91. The molecule has 0 spiro atoms. The second-order valence-electron chi connectivity index (χ2n) is 6.68. The zero-order chi connectivity index (χ0) is 19.2. The highest BCUT2D eigenvalue weighted by Crippen LogP contribution is 2.18. The Morgan fingerprint density at radius 3 is 2.67 bits per heavy atom. The topological polar surface area (TPSA) is 71.2 Å². The van der Waals surface area contributed by atoms with Crippen molar-refractivity contribution in [1.82, 2.24) is 10.3 Å². The van der Waals surface area contributed by atoms with Gasteiger partial charge in [0.25, 0.3) is 5.56 Å². The highest BCUT2D eigenvalue weighted by atomic mass is 16.5. The van der Waals surface area contributed by atoms with Crippen LogP contribution in [0.2, 0.25) is 0 Å². The average Bonchev–Trinajstić information content (AvgIpc) is 2.64. The summed E-state index contributed by atoms with van der Waals surface area (Å²) in [4.78, 5) is 27.2. The van der Waals surface area contributed by atoms with E-state index < -0.39 is 0 Å². The standard InChI is InChI=1S/C22H24N2O3/c1-15-12-16(2)21-18(13-15)14-17(22(26)24-21)8-10-23-20(25)9-11-27-19-6-4-3-5-7-19/h3-7,12-14H,8-11H2,1-2H3,(H,23,25)(H,24,26). The summed E-state index contributed by atoms with van der Waals surface area (Å²) in [6.07, 6.45) is 0.769. The van der Waals surface area contributed by atoms with Gasteiger partial charge in [-0.05, 0) is 55.5 Å². The molecule has 0 aliphatic heterocycles. The number of H-pyrrole nitrogens is 1. The normalized spacial score (nSPS) is 10.7. The molecule has 2 aromatic carbocycles. The highest BCUT2D eigenvalue weighted by Gasteiger charge is 2.07. The van der Waals surface area contributed by atoms with Crippen molar-refractivity contribution in [3.05, 3.63) is 75.6 Å². The number of hydrogen-bond donors (Lipinski definition) is 2. The van der Waals surface area contributed by atoms with Gasteiger partial charge in [-0.1, -0.05) is 29.8 Å². The molecular formula is C22H24N2O3. The second kappa shape index (κ2) is 8.54. The van der Waals surface area contributed by atoms with Gasteiger partial charge in [-0.2, -0.15) is 0 Å². The third-order valence-electron chi connectivity index (χ3n) is 4.43. The molecule has 0 saturated carbocycles. The predicted molar refractivity (Wildman–Crippen MR) is 107 cm³/mol. The molecule has 0 bridgehead atoms. The maximum Gasteiger partial charge on any atom is 0.251 e. The summed E-state index contributed by atoms with van der Waals surface area (Å²) in [5.41, 5.74) is 3.66. The summed E-state index contributed by atoms with van der Waals surface area (Å²) in [6.45, 7) is 4.77. The third-order valence-corrected chi connectivity index (χ3v) is 4.43. The quantitative estimate of drug-likeness (QED) is 0.676. The Morgan fingerprint density at radius 1 is 1.11 bits per heavy atom. The van der Waals surface area contributed by atoms with Crippen LogP contribution in [-0.2, 0) is 11.2 Å². The number of carbonyl (C=O) groups excluding carboxylic acids is 1. The maximum atomic E-state index is 12.3. The maximum absolute atomic E-state index is 12.3. The van der Waals surface area contributed by atoms with Gasteiger partial charge in [-0.15, -0.1) is 0 Å². The first-order chi connectivity index (χ1) is 13.0. The molecule has 140 valence electrons. The number of aromatic nitrogens is 1. The first-order valence-electron chi connectivity index (χ1n) is 9.10. The van der Waals surface area contributed by atoms with E-state index in [0.717, 1.165) is 27.8 Å². The van der Waals surface area contributed by atoms with Crippen LogP contribution >= 0.6 is 0 Å². The number of para-hydroxylation sites is 1. The molecule has 1 aromatic heterocycles. The number of carbonyl (C=O) groups is 1. The van der Waals surface area contributed by atoms with Gasteiger partial charge in [0.15, 0.2) is 0 Å². The Balaban J connectivity index is 1.52. The van der Waals surface area contributed by atoms with E-state index >= 15 is 0 Å². The summed E-state index contributed by atoms with van der Waals surface area (Å²) >= 11 is 0. The van der Waals surface area contributed by atoms with Gasteiger partial charge in [0.1, 0.15) is 5.75 Å². The second-order valence-corrected chi connectivity index (χ2v) is 6.68. The van der Waals surface area contributed by atoms with Gasteiger partial charge in [-0.25, -0.2) is 0 Å². The van der Waals surface area contributed by atoms with Crippen molar-refractivity contribution in [3.63, 3.8) is 0 Å². The van der Waals surface area contributed by atoms with Gasteiger partial charge in [0.05, 0.1) is 18.5 Å². The van der Waals surface area contributed by atoms with E-state index in [9.17, 15) is 9.59 Å². The minimum absolute atomic E-state index is 0.0881. The van der Waals surface area contributed by atoms with E-state index in [0.29, 0.717) is 25.1 Å². The monoisotopic (exact) mass is 364 g/mol. The predicted octanol–water partition coefficient (Wildman–Crippen LogP) is 3.27. The van der Waals surface area contributed by atoms with Crippen molar-refractivity contribution in [3.8, 4) is 5.75 Å². The summed E-state index contributed by atoms with van der Waals surface area (Å²) in [5.74, 6) is 0.661. The number of fused-ring (bicyclic) bond motifs is 1. The molecule has 0 fully saturated rings. The zero-order valence-electron chi connectivity index (χ0n) is 15.7. The lowest BCUT2D eigenvalue weighted by molar-refractivity contribution is -0.121. The van der Waals surface area contributed by atoms with Crippen molar-refractivity contribution < 1.29 is 9.53 Å². The first-order valence-corrected chi connectivity index (χ1v) is 9.10. The Bertz CT molecular complexity index is 994. The largest absolute Gasteiger partial charge is 0.493 e. The minimum Gasteiger partial charge on any atom is -0.493 e. The number of hydrogen-bond acceptors (Lipinski definition) is 3. The van der Waals surface area contributed by atoms with Crippen molar-refractivity contribution >= 4 is 16.8 Å². The van der Waals surface area contributed by atoms with Crippen LogP contribution in [0, 0.1) is 13.8 Å². The van der Waals surface area contributed by atoms with Gasteiger partial charge in [0, 0.05) is 12.1 Å². The third kappa shape index (κ3) is 4.97. The fourth-order valence-corrected chi connectivity index (χ4v) is 3.12. The molecule has 0 atom stereocenters. The van der Waals surface area contributed by atoms with Crippen LogP contribution < -0.4 is 15.6 Å². The minimum atomic E-state index is -0.101. The van der Waals surface area contributed by atoms with Gasteiger partial charge < -0.3 is 15.0 Å². The van der Waals surface area contributed by atoms with Gasteiger partial charge in [0.2, 0.25) is 5.91 Å². The van der Waals surface area contributed by atoms with Crippen LogP contribution in [0.15, 0.2) is 53.3 Å². The summed E-state index contributed by atoms with van der Waals surface area (Å²) in [7, 11) is 0. The van der Waals surface area contributed by atoms with E-state index in [-0.39, 0.29) is 17.9 Å². The molecule has 1 amide bonds. The van der Waals surface area contributed by atoms with Crippen molar-refractivity contribution in [2.45, 2.75) is 26.7 Å². The summed E-state index contributed by atoms with van der Waals surface area (Å²) in [6, 6.07) is 15.4. The van der Waals surface area contributed by atoms with Gasteiger partial charge >= 0.3 is 0 Å². The first kappa shape index (κ1) is 18.7. The number of ether oxygens (including phenoxy) is 1. The van der Waals surface area contributed by atoms with E-state index in [4.69, 9.17) is 4.74 Å². The average molecular weight is 364 g/mol. The molecule has 3 rings (SSSR count). The Morgan fingerprint density at radius 2 is 1.89 bits per heavy atom. The molecule has 3 aromatic rings. The van der Waals surface area contributed by atoms with Crippen LogP contribution in [0.5, 0.6) is 5.75 Å². The van der Waals surface area contributed by atoms with Crippen LogP contribution in [-0.4, -0.2) is 24.0 Å². The van der Waals surface area contributed by atoms with Crippen LogP contribution in [0.3, 0.4) is 0 Å². The number of aryl methyl sites for hydroxylation is 2. The molecule has 0 radical (unpaired) electrons. The zero-order valence-corrected chi connectivity index (χ0v) is 15.7.